The van der Waals surface area contributed by atoms with Gasteiger partial charge < -0.3 is 10.8 Å². The molecule has 1 rings (SSSR count). The molecular weight excluding hydrogens is 226 g/mol. The lowest BCUT2D eigenvalue weighted by atomic mass is 10.2. The van der Waals surface area contributed by atoms with E-state index >= 15 is 0 Å². The van der Waals surface area contributed by atoms with Gasteiger partial charge in [-0.05, 0) is 35.0 Å². The van der Waals surface area contributed by atoms with Crippen molar-refractivity contribution in [2.75, 3.05) is 6.54 Å². The molecular formula is C7H10BrNOS. The highest BCUT2D eigenvalue weighted by molar-refractivity contribution is 9.10. The molecule has 0 aromatic carbocycles. The summed E-state index contributed by atoms with van der Waals surface area (Å²) in [6.07, 6.45) is 0.240. The summed E-state index contributed by atoms with van der Waals surface area (Å²) in [6.45, 7) is 0.524. The Kier molecular flexibility index (Phi) is 3.51. The van der Waals surface area contributed by atoms with Crippen molar-refractivity contribution in [2.24, 2.45) is 5.73 Å². The minimum atomic E-state index is -0.392. The Morgan fingerprint density at radius 2 is 2.45 bits per heavy atom. The predicted octanol–water partition coefficient (Wildman–Crippen LogP) is 1.89. The fraction of sp³-hybridized carbons (Fsp3) is 0.429. The number of hydrogen-bond donors (Lipinski definition) is 2. The smallest absolute Gasteiger partial charge is 0.0894 e. The van der Waals surface area contributed by atoms with Crippen LogP contribution in [0.15, 0.2) is 15.9 Å². The van der Waals surface area contributed by atoms with Crippen LogP contribution < -0.4 is 5.73 Å². The molecule has 4 heteroatoms. The second kappa shape index (κ2) is 4.21. The van der Waals surface area contributed by atoms with Crippen LogP contribution in [0.25, 0.3) is 0 Å². The van der Waals surface area contributed by atoms with Gasteiger partial charge in [0.15, 0.2) is 0 Å². The SMILES string of the molecule is NCC[C@H](O)c1cc(Br)cs1. The summed E-state index contributed by atoms with van der Waals surface area (Å²) < 4.78 is 1.02. The van der Waals surface area contributed by atoms with E-state index in [1.54, 1.807) is 11.3 Å². The average Bonchev–Trinajstić information content (AvgIpc) is 2.36. The number of rotatable bonds is 3. The number of halogens is 1. The van der Waals surface area contributed by atoms with Gasteiger partial charge in [-0.15, -0.1) is 11.3 Å². The van der Waals surface area contributed by atoms with Crippen molar-refractivity contribution in [2.45, 2.75) is 12.5 Å². The standard InChI is InChI=1S/C7H10BrNOS/c8-5-3-7(11-4-5)6(10)1-2-9/h3-4,6,10H,1-2,9H2/t6-/m0/s1. The lowest BCUT2D eigenvalue weighted by molar-refractivity contribution is 0.174. The highest BCUT2D eigenvalue weighted by Gasteiger charge is 2.07. The summed E-state index contributed by atoms with van der Waals surface area (Å²) in [4.78, 5) is 0.974. The molecule has 0 saturated carbocycles. The van der Waals surface area contributed by atoms with Crippen LogP contribution in [0.4, 0.5) is 0 Å². The Labute approximate surface area is 78.2 Å². The van der Waals surface area contributed by atoms with Gasteiger partial charge in [-0.2, -0.15) is 0 Å². The van der Waals surface area contributed by atoms with Gasteiger partial charge in [-0.25, -0.2) is 0 Å². The molecule has 1 aromatic heterocycles. The number of aliphatic hydroxyl groups is 1. The molecule has 0 saturated heterocycles. The largest absolute Gasteiger partial charge is 0.388 e. The minimum absolute atomic E-state index is 0.392. The predicted molar refractivity (Wildman–Crippen MR) is 50.7 cm³/mol. The van der Waals surface area contributed by atoms with E-state index < -0.39 is 6.10 Å². The fourth-order valence-corrected chi connectivity index (χ4v) is 2.27. The molecule has 2 nitrogen and oxygen atoms in total. The van der Waals surface area contributed by atoms with Gasteiger partial charge in [0.1, 0.15) is 0 Å². The summed E-state index contributed by atoms with van der Waals surface area (Å²) in [5.41, 5.74) is 5.31. The van der Waals surface area contributed by atoms with Gasteiger partial charge in [-0.1, -0.05) is 0 Å². The quantitative estimate of drug-likeness (QED) is 0.841. The van der Waals surface area contributed by atoms with Crippen molar-refractivity contribution >= 4 is 27.3 Å². The van der Waals surface area contributed by atoms with Gasteiger partial charge in [0.05, 0.1) is 6.10 Å². The van der Waals surface area contributed by atoms with E-state index in [-0.39, 0.29) is 0 Å². The lowest BCUT2D eigenvalue weighted by Crippen LogP contribution is -2.05. The monoisotopic (exact) mass is 235 g/mol. The molecule has 1 aromatic rings. The number of aliphatic hydroxyl groups excluding tert-OH is 1. The van der Waals surface area contributed by atoms with Crippen LogP contribution in [-0.2, 0) is 0 Å². The molecule has 0 bridgehead atoms. The van der Waals surface area contributed by atoms with Crippen LogP contribution >= 0.6 is 27.3 Å². The maximum Gasteiger partial charge on any atom is 0.0894 e. The maximum absolute atomic E-state index is 9.44. The first-order chi connectivity index (χ1) is 5.24. The number of nitrogens with two attached hydrogens (primary N) is 1. The van der Waals surface area contributed by atoms with Crippen LogP contribution in [-0.4, -0.2) is 11.7 Å². The average molecular weight is 236 g/mol. The molecule has 0 spiro atoms. The van der Waals surface area contributed by atoms with Crippen molar-refractivity contribution in [1.82, 2.24) is 0 Å². The van der Waals surface area contributed by atoms with Crippen molar-refractivity contribution in [3.8, 4) is 0 Å². The Morgan fingerprint density at radius 1 is 1.73 bits per heavy atom. The van der Waals surface area contributed by atoms with E-state index in [1.165, 1.54) is 0 Å². The second-order valence-electron chi connectivity index (χ2n) is 2.26. The molecule has 3 N–H and O–H groups in total. The molecule has 0 aliphatic rings. The molecule has 1 heterocycles. The van der Waals surface area contributed by atoms with E-state index in [0.717, 1.165) is 9.35 Å². The summed E-state index contributed by atoms with van der Waals surface area (Å²) in [5.74, 6) is 0. The molecule has 62 valence electrons. The number of hydrogen-bond acceptors (Lipinski definition) is 3. The van der Waals surface area contributed by atoms with Crippen LogP contribution in [0.3, 0.4) is 0 Å². The molecule has 11 heavy (non-hydrogen) atoms. The summed E-state index contributed by atoms with van der Waals surface area (Å²) in [6, 6.07) is 1.92. The fourth-order valence-electron chi connectivity index (χ4n) is 0.803. The molecule has 0 radical (unpaired) electrons. The molecule has 0 amide bonds. The van der Waals surface area contributed by atoms with Crippen LogP contribution in [0.1, 0.15) is 17.4 Å². The van der Waals surface area contributed by atoms with E-state index in [0.29, 0.717) is 13.0 Å². The Morgan fingerprint density at radius 3 is 2.91 bits per heavy atom. The zero-order chi connectivity index (χ0) is 8.27. The van der Waals surface area contributed by atoms with Gasteiger partial charge >= 0.3 is 0 Å². The van der Waals surface area contributed by atoms with E-state index in [9.17, 15) is 5.11 Å². The number of thiophene rings is 1. The normalized spacial score (nSPS) is 13.4. The van der Waals surface area contributed by atoms with E-state index in [2.05, 4.69) is 15.9 Å². The highest BCUT2D eigenvalue weighted by atomic mass is 79.9. The van der Waals surface area contributed by atoms with Crippen LogP contribution in [0.5, 0.6) is 0 Å². The third kappa shape index (κ3) is 2.56. The maximum atomic E-state index is 9.44. The topological polar surface area (TPSA) is 46.2 Å². The Bertz CT molecular complexity index is 226. The highest BCUT2D eigenvalue weighted by Crippen LogP contribution is 2.26. The van der Waals surface area contributed by atoms with Gasteiger partial charge in [-0.3, -0.25) is 0 Å². The van der Waals surface area contributed by atoms with Crippen molar-refractivity contribution < 1.29 is 5.11 Å². The minimum Gasteiger partial charge on any atom is -0.388 e. The van der Waals surface area contributed by atoms with Crippen LogP contribution in [0.2, 0.25) is 0 Å². The van der Waals surface area contributed by atoms with Crippen molar-refractivity contribution in [3.05, 3.63) is 20.8 Å². The first-order valence-electron chi connectivity index (χ1n) is 3.36. The van der Waals surface area contributed by atoms with Gasteiger partial charge in [0.2, 0.25) is 0 Å². The lowest BCUT2D eigenvalue weighted by Gasteiger charge is -2.04. The molecule has 0 aliphatic carbocycles. The molecule has 0 fully saturated rings. The summed E-state index contributed by atoms with van der Waals surface area (Å²) in [5, 5.41) is 11.4. The Balaban J connectivity index is 2.60. The van der Waals surface area contributed by atoms with Gasteiger partial charge in [0, 0.05) is 14.7 Å². The Hall–Kier alpha value is 0.1000. The van der Waals surface area contributed by atoms with Gasteiger partial charge in [0.25, 0.3) is 0 Å². The van der Waals surface area contributed by atoms with E-state index in [4.69, 9.17) is 5.73 Å². The summed E-state index contributed by atoms with van der Waals surface area (Å²) >= 11 is 4.86. The third-order valence-corrected chi connectivity index (χ3v) is 3.15. The second-order valence-corrected chi connectivity index (χ2v) is 4.12. The zero-order valence-electron chi connectivity index (χ0n) is 5.96. The third-order valence-electron chi connectivity index (χ3n) is 1.36. The van der Waals surface area contributed by atoms with Crippen LogP contribution in [0, 0.1) is 0 Å². The molecule has 0 aliphatic heterocycles. The zero-order valence-corrected chi connectivity index (χ0v) is 8.36. The van der Waals surface area contributed by atoms with Crippen molar-refractivity contribution in [3.63, 3.8) is 0 Å². The first-order valence-corrected chi connectivity index (χ1v) is 5.03. The first kappa shape index (κ1) is 9.19. The van der Waals surface area contributed by atoms with Crippen molar-refractivity contribution in [1.29, 1.82) is 0 Å². The summed E-state index contributed by atoms with van der Waals surface area (Å²) in [7, 11) is 0. The molecule has 1 atom stereocenters. The molecule has 0 unspecified atom stereocenters. The van der Waals surface area contributed by atoms with E-state index in [1.807, 2.05) is 11.4 Å².